The number of esters is 5. The number of aliphatic hydroxyl groups is 3. The molecule has 0 spiro atoms. The molecule has 4 heterocycles. The van der Waals surface area contributed by atoms with Crippen LogP contribution in [0.2, 0.25) is 0 Å². The monoisotopic (exact) mass is 926 g/mol. The molecule has 26 heteroatoms. The molecular weight excluding hydrogens is 896 g/mol. The highest BCUT2D eigenvalue weighted by atomic mass is 16.8. The summed E-state index contributed by atoms with van der Waals surface area (Å²) in [5, 5.41) is 151. The molecule has 0 radical (unpaired) electrons. The summed E-state index contributed by atoms with van der Waals surface area (Å²) >= 11 is 0. The molecule has 14 N–H and O–H groups in total. The lowest BCUT2D eigenvalue weighted by Crippen LogP contribution is -2.64. The Kier molecular flexibility index (Phi) is 9.33. The summed E-state index contributed by atoms with van der Waals surface area (Å²) in [4.78, 5) is 71.3. The van der Waals surface area contributed by atoms with Crippen LogP contribution in [0, 0.1) is 0 Å². The maximum Gasteiger partial charge on any atom is 0.340 e. The molecule has 9 atom stereocenters. The molecule has 4 aliphatic heterocycles. The van der Waals surface area contributed by atoms with Crippen molar-refractivity contribution in [2.45, 2.75) is 60.5 Å². The van der Waals surface area contributed by atoms with Crippen molar-refractivity contribution < 1.29 is 129 Å². The van der Waals surface area contributed by atoms with Crippen molar-refractivity contribution in [1.82, 2.24) is 0 Å². The molecule has 0 amide bonds. The van der Waals surface area contributed by atoms with Crippen molar-refractivity contribution in [3.8, 4) is 80.1 Å². The fourth-order valence-electron chi connectivity index (χ4n) is 8.60. The highest BCUT2D eigenvalue weighted by molar-refractivity contribution is 6.08. The molecule has 66 heavy (non-hydrogen) atoms. The Bertz CT molecular complexity index is 2850. The first-order valence-electron chi connectivity index (χ1n) is 18.9. The third-order valence-corrected chi connectivity index (χ3v) is 11.7. The minimum atomic E-state index is -3.22. The van der Waals surface area contributed by atoms with Gasteiger partial charge in [0.15, 0.2) is 69.6 Å². The van der Waals surface area contributed by atoms with Crippen molar-refractivity contribution >= 4 is 29.8 Å². The van der Waals surface area contributed by atoms with E-state index in [1.54, 1.807) is 0 Å². The van der Waals surface area contributed by atoms with E-state index in [1.165, 1.54) is 0 Å². The average molecular weight is 927 g/mol. The van der Waals surface area contributed by atoms with Gasteiger partial charge in [-0.05, 0) is 30.3 Å². The predicted octanol–water partition coefficient (Wildman–Crippen LogP) is -0.796. The lowest BCUT2D eigenvalue weighted by molar-refractivity contribution is -0.289. The molecule has 0 aromatic heterocycles. The summed E-state index contributed by atoms with van der Waals surface area (Å²) in [6, 6.07) is 2.52. The Hall–Kier alpha value is -8.33. The van der Waals surface area contributed by atoms with Crippen LogP contribution in [0.15, 0.2) is 30.3 Å². The molecule has 2 fully saturated rings. The van der Waals surface area contributed by atoms with Gasteiger partial charge in [-0.15, -0.1) is 0 Å². The van der Waals surface area contributed by atoms with Gasteiger partial charge in [-0.25, -0.2) is 24.0 Å². The maximum atomic E-state index is 14.6. The number of hydrogen-bond donors (Lipinski definition) is 14. The molecule has 4 aromatic rings. The number of cyclic esters (lactones) is 1. The number of phenolic OH excluding ortho intramolecular Hbond substituents is 11. The van der Waals surface area contributed by atoms with Gasteiger partial charge in [-0.3, -0.25) is 0 Å². The van der Waals surface area contributed by atoms with Crippen molar-refractivity contribution in [1.29, 1.82) is 0 Å². The predicted molar refractivity (Wildman–Crippen MR) is 200 cm³/mol. The van der Waals surface area contributed by atoms with Gasteiger partial charge in [-0.1, -0.05) is 0 Å². The molecule has 4 bridgehead atoms. The fraction of sp³-hybridized carbons (Fsp3) is 0.275. The summed E-state index contributed by atoms with van der Waals surface area (Å²) in [5.74, 6) is -28.7. The zero-order valence-electron chi connectivity index (χ0n) is 32.5. The lowest BCUT2D eigenvalue weighted by Gasteiger charge is -2.44. The number of phenols is 11. The van der Waals surface area contributed by atoms with Gasteiger partial charge in [0, 0.05) is 23.1 Å². The third kappa shape index (κ3) is 5.99. The minimum absolute atomic E-state index is 0.387. The van der Waals surface area contributed by atoms with Gasteiger partial charge in [-0.2, -0.15) is 0 Å². The number of carbonyl (C=O) groups is 5. The smallest absolute Gasteiger partial charge is 0.340 e. The van der Waals surface area contributed by atoms with Crippen molar-refractivity contribution in [2.75, 3.05) is 6.61 Å². The number of rotatable bonds is 2. The number of fused-ring (bicyclic) bond motifs is 3. The quantitative estimate of drug-likeness (QED) is 0.0665. The molecule has 1 saturated heterocycles. The number of ether oxygens (including phenoxy) is 7. The van der Waals surface area contributed by atoms with E-state index in [4.69, 9.17) is 33.2 Å². The minimum Gasteiger partial charge on any atom is -0.504 e. The zero-order valence-corrected chi connectivity index (χ0v) is 32.5. The van der Waals surface area contributed by atoms with Crippen LogP contribution < -0.4 is 4.74 Å². The van der Waals surface area contributed by atoms with Gasteiger partial charge in [0.25, 0.3) is 0 Å². The van der Waals surface area contributed by atoms with E-state index in [2.05, 4.69) is 0 Å². The van der Waals surface area contributed by atoms with E-state index in [9.17, 15) is 95.5 Å². The second kappa shape index (κ2) is 14.3. The molecule has 346 valence electrons. The first kappa shape index (κ1) is 42.9. The number of aliphatic hydroxyl groups excluding tert-OH is 1. The summed E-state index contributed by atoms with van der Waals surface area (Å²) in [7, 11) is 0. The van der Waals surface area contributed by atoms with E-state index in [1.807, 2.05) is 0 Å². The third-order valence-electron chi connectivity index (χ3n) is 11.7. The molecular formula is C40H30O26. The van der Waals surface area contributed by atoms with Gasteiger partial charge in [0.1, 0.15) is 18.8 Å². The highest BCUT2D eigenvalue weighted by Crippen LogP contribution is 2.62. The topological polar surface area (TPSA) is 433 Å². The lowest BCUT2D eigenvalue weighted by atomic mass is 9.81. The first-order valence-corrected chi connectivity index (χ1v) is 18.9. The van der Waals surface area contributed by atoms with Crippen molar-refractivity contribution in [3.05, 3.63) is 58.1 Å². The SMILES string of the molecule is O=C(O[C@@H]1OC2COC(=O)c3cc(O)c(O)c(O)c3-c3c(cc(O)c(O)c3O)C(=O)O[C@H]3C1OC(=O)c1cc(O)c(O)c4c1C1C(O)(CC(O)C1(O)O4)C(=O)O[C@H]23)c1cc(O)c(O)c(O)c1. The normalized spacial score (nSPS) is 28.6. The van der Waals surface area contributed by atoms with E-state index in [0.717, 1.165) is 0 Å². The zero-order chi connectivity index (χ0) is 47.8. The van der Waals surface area contributed by atoms with E-state index < -0.39 is 205 Å². The Morgan fingerprint density at radius 1 is 0.606 bits per heavy atom. The van der Waals surface area contributed by atoms with Gasteiger partial charge >= 0.3 is 29.8 Å². The van der Waals surface area contributed by atoms with Crippen LogP contribution in [0.1, 0.15) is 59.3 Å². The van der Waals surface area contributed by atoms with Crippen LogP contribution in [0.3, 0.4) is 0 Å². The Labute approximate surface area is 363 Å². The summed E-state index contributed by atoms with van der Waals surface area (Å²) in [6.45, 7) is -1.27. The number of hydrogen-bond acceptors (Lipinski definition) is 26. The summed E-state index contributed by atoms with van der Waals surface area (Å²) < 4.78 is 39.3. The maximum absolute atomic E-state index is 14.6. The van der Waals surface area contributed by atoms with Crippen molar-refractivity contribution in [2.24, 2.45) is 0 Å². The Morgan fingerprint density at radius 3 is 1.73 bits per heavy atom. The molecule has 9 rings (SSSR count). The number of benzene rings is 4. The molecule has 6 unspecified atom stereocenters. The van der Waals surface area contributed by atoms with Gasteiger partial charge < -0.3 is 105 Å². The Morgan fingerprint density at radius 2 is 1.12 bits per heavy atom. The summed E-state index contributed by atoms with van der Waals surface area (Å²) in [5.41, 5.74) is -10.00. The fourth-order valence-corrected chi connectivity index (χ4v) is 8.60. The van der Waals surface area contributed by atoms with Crippen LogP contribution in [-0.4, -0.2) is 156 Å². The summed E-state index contributed by atoms with van der Waals surface area (Å²) in [6.07, 6.45) is -15.5. The largest absolute Gasteiger partial charge is 0.504 e. The average Bonchev–Trinajstić information content (AvgIpc) is 3.69. The molecule has 1 saturated carbocycles. The van der Waals surface area contributed by atoms with Gasteiger partial charge in [0.05, 0.1) is 28.2 Å². The molecule has 26 nitrogen and oxygen atoms in total. The van der Waals surface area contributed by atoms with E-state index >= 15 is 0 Å². The number of aromatic hydroxyl groups is 11. The molecule has 4 aromatic carbocycles. The number of carbonyl (C=O) groups excluding carboxylic acids is 5. The van der Waals surface area contributed by atoms with Crippen LogP contribution >= 0.6 is 0 Å². The van der Waals surface area contributed by atoms with Crippen LogP contribution in [0.4, 0.5) is 0 Å². The second-order valence-electron chi connectivity index (χ2n) is 15.5. The second-order valence-corrected chi connectivity index (χ2v) is 15.5. The molecule has 5 aliphatic rings. The van der Waals surface area contributed by atoms with Gasteiger partial charge in [0.2, 0.25) is 35.4 Å². The standard InChI is InChI=1S/C40H30O26/c41-12-1-8(2-13(42)22(12)47)33(53)65-37-31-30-28(64-38(57)39(58)6-18(46)40(59)32(39)21-11(36(56)63-31)5-16(45)25(50)29(21)66-40)17(61-37)7-60-34(54)9-3-14(43)23(48)26(51)19(9)20-10(35(55)62-30)4-15(44)24(49)27(20)52/h1-5,17-18,28,30-32,37,41-52,58-59H,6-7H2/t17?,18?,28-,30-,31?,32?,37+,39?,40?/m1/s1. The van der Waals surface area contributed by atoms with Crippen LogP contribution in [-0.2, 0) is 33.2 Å². The molecule has 1 aliphatic carbocycles. The highest BCUT2D eigenvalue weighted by Gasteiger charge is 2.73. The van der Waals surface area contributed by atoms with E-state index in [-0.39, 0.29) is 0 Å². The van der Waals surface area contributed by atoms with E-state index in [0.29, 0.717) is 30.3 Å². The van der Waals surface area contributed by atoms with Crippen LogP contribution in [0.25, 0.3) is 11.1 Å². The first-order chi connectivity index (χ1) is 31.0. The van der Waals surface area contributed by atoms with Crippen molar-refractivity contribution in [3.63, 3.8) is 0 Å². The Balaban J connectivity index is 1.28. The van der Waals surface area contributed by atoms with Crippen LogP contribution in [0.5, 0.6) is 69.0 Å².